The third-order valence-electron chi connectivity index (χ3n) is 3.72. The molecule has 2 nitrogen and oxygen atoms in total. The van der Waals surface area contributed by atoms with Gasteiger partial charge < -0.3 is 5.32 Å². The molecule has 98 valence electrons. The van der Waals surface area contributed by atoms with E-state index in [2.05, 4.69) is 17.2 Å². The average Bonchev–Trinajstić information content (AvgIpc) is 2.72. The maximum absolute atomic E-state index is 12.2. The molecule has 0 aromatic heterocycles. The van der Waals surface area contributed by atoms with E-state index in [9.17, 15) is 4.79 Å². The van der Waals surface area contributed by atoms with Gasteiger partial charge >= 0.3 is 0 Å². The second-order valence-corrected chi connectivity index (χ2v) is 5.18. The van der Waals surface area contributed by atoms with Gasteiger partial charge in [0.05, 0.1) is 5.41 Å². The van der Waals surface area contributed by atoms with E-state index >= 15 is 0 Å². The number of rotatable bonds is 1. The number of hydrogen-bond acceptors (Lipinski definition) is 1. The fourth-order valence-electron chi connectivity index (χ4n) is 2.48. The Balaban J connectivity index is 1.87. The van der Waals surface area contributed by atoms with Crippen molar-refractivity contribution in [1.82, 2.24) is 0 Å². The van der Waals surface area contributed by atoms with Gasteiger partial charge in [-0.15, -0.1) is 0 Å². The Bertz CT molecular complexity index is 709. The fourth-order valence-corrected chi connectivity index (χ4v) is 2.48. The summed E-state index contributed by atoms with van der Waals surface area (Å²) in [7, 11) is 0. The van der Waals surface area contributed by atoms with Crippen LogP contribution in [0.15, 0.2) is 54.6 Å². The van der Waals surface area contributed by atoms with Gasteiger partial charge in [-0.05, 0) is 30.7 Å². The Labute approximate surface area is 118 Å². The molecule has 0 saturated carbocycles. The zero-order chi connectivity index (χ0) is 14.0. The van der Waals surface area contributed by atoms with Gasteiger partial charge in [-0.25, -0.2) is 0 Å². The van der Waals surface area contributed by atoms with Crippen LogP contribution in [0.3, 0.4) is 0 Å². The molecule has 2 aromatic rings. The van der Waals surface area contributed by atoms with Crippen LogP contribution in [-0.2, 0) is 10.2 Å². The Kier molecular flexibility index (Phi) is 3.04. The van der Waals surface area contributed by atoms with Crippen molar-refractivity contribution in [3.8, 4) is 11.8 Å². The minimum Gasteiger partial charge on any atom is -0.325 e. The monoisotopic (exact) mass is 261 g/mol. The van der Waals surface area contributed by atoms with E-state index in [1.54, 1.807) is 0 Å². The predicted octanol–water partition coefficient (Wildman–Crippen LogP) is 3.34. The third kappa shape index (κ3) is 2.08. The van der Waals surface area contributed by atoms with E-state index in [0.717, 1.165) is 16.8 Å². The highest BCUT2D eigenvalue weighted by molar-refractivity contribution is 6.06. The molecule has 0 fully saturated rings. The molecule has 1 aliphatic heterocycles. The van der Waals surface area contributed by atoms with Crippen LogP contribution >= 0.6 is 0 Å². The molecule has 0 radical (unpaired) electrons. The second kappa shape index (κ2) is 4.86. The van der Waals surface area contributed by atoms with Crippen LogP contribution in [0, 0.1) is 11.8 Å². The summed E-state index contributed by atoms with van der Waals surface area (Å²) < 4.78 is 0. The van der Waals surface area contributed by atoms with Crippen LogP contribution in [-0.4, -0.2) is 5.91 Å². The molecule has 3 rings (SSSR count). The number of nitrogens with one attached hydrogen (secondary N) is 1. The zero-order valence-corrected chi connectivity index (χ0v) is 11.3. The minimum absolute atomic E-state index is 0.0288. The molecule has 1 heterocycles. The van der Waals surface area contributed by atoms with Crippen LogP contribution in [0.2, 0.25) is 0 Å². The van der Waals surface area contributed by atoms with Gasteiger partial charge in [0.2, 0.25) is 5.91 Å². The van der Waals surface area contributed by atoms with Crippen LogP contribution in [0.5, 0.6) is 0 Å². The lowest BCUT2D eigenvalue weighted by Crippen LogP contribution is -2.30. The first-order valence-corrected chi connectivity index (χ1v) is 6.65. The Hall–Kier alpha value is -2.53. The van der Waals surface area contributed by atoms with Crippen LogP contribution in [0.4, 0.5) is 5.69 Å². The normalized spacial score (nSPS) is 19.8. The number of hydrogen-bond donors (Lipinski definition) is 1. The molecule has 1 N–H and O–H groups in total. The highest BCUT2D eigenvalue weighted by atomic mass is 16.2. The first kappa shape index (κ1) is 12.5. The van der Waals surface area contributed by atoms with E-state index < -0.39 is 5.41 Å². The number of carbonyl (C=O) groups is 1. The molecule has 0 saturated heterocycles. The van der Waals surface area contributed by atoms with Crippen LogP contribution in [0.1, 0.15) is 24.5 Å². The predicted molar refractivity (Wildman–Crippen MR) is 80.4 cm³/mol. The molecule has 0 aliphatic carbocycles. The third-order valence-corrected chi connectivity index (χ3v) is 3.72. The lowest BCUT2D eigenvalue weighted by molar-refractivity contribution is -0.120. The number of amides is 1. The largest absolute Gasteiger partial charge is 0.325 e. The molecule has 20 heavy (non-hydrogen) atoms. The van der Waals surface area contributed by atoms with E-state index in [-0.39, 0.29) is 5.91 Å². The van der Waals surface area contributed by atoms with Crippen molar-refractivity contribution in [1.29, 1.82) is 0 Å². The van der Waals surface area contributed by atoms with Gasteiger partial charge in [-0.3, -0.25) is 4.79 Å². The van der Waals surface area contributed by atoms with Crippen LogP contribution in [0.25, 0.3) is 0 Å². The Morgan fingerprint density at radius 1 is 1.05 bits per heavy atom. The lowest BCUT2D eigenvalue weighted by Gasteiger charge is -2.18. The summed E-state index contributed by atoms with van der Waals surface area (Å²) in [6, 6.07) is 17.7. The molecule has 2 aromatic carbocycles. The fraction of sp³-hybridized carbons (Fsp3) is 0.167. The summed E-state index contributed by atoms with van der Waals surface area (Å²) >= 11 is 0. The number of benzene rings is 2. The average molecular weight is 261 g/mol. The SMILES string of the molecule is C[C@]1(CC#Cc2ccccc2)C(=O)Nc2ccccc21. The first-order valence-electron chi connectivity index (χ1n) is 6.65. The summed E-state index contributed by atoms with van der Waals surface area (Å²) in [4.78, 5) is 12.2. The Morgan fingerprint density at radius 2 is 1.75 bits per heavy atom. The smallest absolute Gasteiger partial charge is 0.235 e. The molecule has 1 atom stereocenters. The van der Waals surface area contributed by atoms with Crippen LogP contribution < -0.4 is 5.32 Å². The molecular formula is C18H15NO. The first-order chi connectivity index (χ1) is 9.70. The van der Waals surface area contributed by atoms with Gasteiger partial charge in [0.25, 0.3) is 0 Å². The highest BCUT2D eigenvalue weighted by Crippen LogP contribution is 2.39. The Morgan fingerprint density at radius 3 is 2.55 bits per heavy atom. The van der Waals surface area contributed by atoms with Gasteiger partial charge in [0.1, 0.15) is 0 Å². The molecule has 1 amide bonds. The maximum Gasteiger partial charge on any atom is 0.235 e. The summed E-state index contributed by atoms with van der Waals surface area (Å²) in [5, 5.41) is 2.93. The van der Waals surface area contributed by atoms with Crippen molar-refractivity contribution in [2.24, 2.45) is 0 Å². The van der Waals surface area contributed by atoms with Gasteiger partial charge in [0.15, 0.2) is 0 Å². The summed E-state index contributed by atoms with van der Waals surface area (Å²) in [5.41, 5.74) is 2.36. The molecule has 0 bridgehead atoms. The van der Waals surface area contributed by atoms with Crippen molar-refractivity contribution < 1.29 is 4.79 Å². The van der Waals surface area contributed by atoms with E-state index in [0.29, 0.717) is 6.42 Å². The summed E-state index contributed by atoms with van der Waals surface area (Å²) in [6.07, 6.45) is 0.519. The second-order valence-electron chi connectivity index (χ2n) is 5.18. The molecular weight excluding hydrogens is 246 g/mol. The standard InChI is InChI=1S/C18H15NO/c1-18(13-7-10-14-8-3-2-4-9-14)15-11-5-6-12-16(15)19-17(18)20/h2-6,8-9,11-12H,13H2,1H3,(H,19,20)/t18-/m1/s1. The summed E-state index contributed by atoms with van der Waals surface area (Å²) in [6.45, 7) is 1.95. The molecule has 0 unspecified atom stereocenters. The zero-order valence-electron chi connectivity index (χ0n) is 11.3. The van der Waals surface area contributed by atoms with Crippen molar-refractivity contribution in [3.63, 3.8) is 0 Å². The highest BCUT2D eigenvalue weighted by Gasteiger charge is 2.41. The number of anilines is 1. The molecule has 1 aliphatic rings. The minimum atomic E-state index is -0.557. The van der Waals surface area contributed by atoms with Crippen molar-refractivity contribution in [2.75, 3.05) is 5.32 Å². The summed E-state index contributed by atoms with van der Waals surface area (Å²) in [5.74, 6) is 6.29. The maximum atomic E-state index is 12.2. The quantitative estimate of drug-likeness (QED) is 0.784. The lowest BCUT2D eigenvalue weighted by atomic mass is 9.81. The topological polar surface area (TPSA) is 29.1 Å². The van der Waals surface area contributed by atoms with Crippen molar-refractivity contribution in [2.45, 2.75) is 18.8 Å². The van der Waals surface area contributed by atoms with Gasteiger partial charge in [0, 0.05) is 17.7 Å². The van der Waals surface area contributed by atoms with Crippen molar-refractivity contribution in [3.05, 3.63) is 65.7 Å². The van der Waals surface area contributed by atoms with E-state index in [4.69, 9.17) is 0 Å². The van der Waals surface area contributed by atoms with Gasteiger partial charge in [-0.2, -0.15) is 0 Å². The number of para-hydroxylation sites is 1. The van der Waals surface area contributed by atoms with Crippen molar-refractivity contribution >= 4 is 11.6 Å². The molecule has 2 heteroatoms. The number of fused-ring (bicyclic) bond motifs is 1. The molecule has 0 spiro atoms. The van der Waals surface area contributed by atoms with Gasteiger partial charge in [-0.1, -0.05) is 48.2 Å². The number of carbonyl (C=O) groups excluding carboxylic acids is 1. The van der Waals surface area contributed by atoms with E-state index in [1.165, 1.54) is 0 Å². The van der Waals surface area contributed by atoms with E-state index in [1.807, 2.05) is 61.5 Å².